The zero-order chi connectivity index (χ0) is 13.6. The van der Waals surface area contributed by atoms with Gasteiger partial charge in [-0.25, -0.2) is 0 Å². The molecular formula is C13H17BrN2O2. The summed E-state index contributed by atoms with van der Waals surface area (Å²) in [5, 5.41) is 12.5. The summed E-state index contributed by atoms with van der Waals surface area (Å²) in [7, 11) is 3.12. The van der Waals surface area contributed by atoms with E-state index in [0.717, 1.165) is 10.2 Å². The van der Waals surface area contributed by atoms with Gasteiger partial charge >= 0.3 is 0 Å². The molecule has 1 atom stereocenters. The van der Waals surface area contributed by atoms with Gasteiger partial charge in [-0.1, -0.05) is 15.9 Å². The van der Waals surface area contributed by atoms with Crippen molar-refractivity contribution in [3.05, 3.63) is 28.7 Å². The van der Waals surface area contributed by atoms with Crippen LogP contribution in [0.25, 0.3) is 0 Å². The predicted molar refractivity (Wildman–Crippen MR) is 74.2 cm³/mol. The number of hydrogen-bond acceptors (Lipinski definition) is 4. The minimum atomic E-state index is -0.746. The van der Waals surface area contributed by atoms with Gasteiger partial charge in [0.1, 0.15) is 5.54 Å². The molecule has 0 amide bonds. The minimum absolute atomic E-state index is 0.405. The first-order valence-electron chi connectivity index (χ1n) is 5.53. The monoisotopic (exact) mass is 312 g/mol. The maximum atomic E-state index is 9.31. The third-order valence-electron chi connectivity index (χ3n) is 2.61. The van der Waals surface area contributed by atoms with Crippen LogP contribution in [0.5, 0.6) is 0 Å². The molecule has 1 unspecified atom stereocenters. The van der Waals surface area contributed by atoms with Crippen molar-refractivity contribution in [2.24, 2.45) is 0 Å². The van der Waals surface area contributed by atoms with Crippen molar-refractivity contribution in [2.75, 3.05) is 19.5 Å². The highest BCUT2D eigenvalue weighted by Gasteiger charge is 2.28. The zero-order valence-corrected chi connectivity index (χ0v) is 12.3. The molecule has 0 aliphatic carbocycles. The van der Waals surface area contributed by atoms with E-state index in [9.17, 15) is 5.26 Å². The van der Waals surface area contributed by atoms with Crippen LogP contribution in [0.1, 0.15) is 13.3 Å². The number of ether oxygens (including phenoxy) is 2. The van der Waals surface area contributed by atoms with Crippen LogP contribution in [-0.2, 0) is 9.47 Å². The number of rotatable bonds is 6. The Morgan fingerprint density at radius 1 is 1.33 bits per heavy atom. The Bertz CT molecular complexity index is 412. The van der Waals surface area contributed by atoms with Gasteiger partial charge in [-0.05, 0) is 31.2 Å². The van der Waals surface area contributed by atoms with E-state index in [-0.39, 0.29) is 0 Å². The number of hydrogen-bond donors (Lipinski definition) is 1. The molecule has 4 nitrogen and oxygen atoms in total. The van der Waals surface area contributed by atoms with Crippen molar-refractivity contribution in [1.82, 2.24) is 0 Å². The average molecular weight is 313 g/mol. The Hall–Kier alpha value is -1.09. The Morgan fingerprint density at radius 3 is 2.33 bits per heavy atom. The quantitative estimate of drug-likeness (QED) is 0.820. The van der Waals surface area contributed by atoms with E-state index in [4.69, 9.17) is 9.47 Å². The molecule has 0 heterocycles. The summed E-state index contributed by atoms with van der Waals surface area (Å²) in [5.74, 6) is 0. The Balaban J connectivity index is 2.76. The number of nitrogens with one attached hydrogen (secondary N) is 1. The van der Waals surface area contributed by atoms with Crippen LogP contribution in [0.4, 0.5) is 5.69 Å². The number of benzene rings is 1. The molecule has 0 fully saturated rings. The van der Waals surface area contributed by atoms with Crippen LogP contribution in [0.15, 0.2) is 28.7 Å². The summed E-state index contributed by atoms with van der Waals surface area (Å²) in [6.45, 7) is 1.82. The molecule has 0 aromatic heterocycles. The van der Waals surface area contributed by atoms with Crippen LogP contribution in [-0.4, -0.2) is 26.0 Å². The highest BCUT2D eigenvalue weighted by atomic mass is 79.9. The third-order valence-corrected chi connectivity index (χ3v) is 3.14. The maximum Gasteiger partial charge on any atom is 0.160 e. The molecule has 1 rings (SSSR count). The van der Waals surface area contributed by atoms with Crippen LogP contribution in [0, 0.1) is 11.3 Å². The van der Waals surface area contributed by atoms with Crippen molar-refractivity contribution in [2.45, 2.75) is 25.2 Å². The van der Waals surface area contributed by atoms with E-state index in [1.54, 1.807) is 14.2 Å². The number of nitrogens with zero attached hydrogens (tertiary/aromatic N) is 1. The molecule has 5 heteroatoms. The highest BCUT2D eigenvalue weighted by Crippen LogP contribution is 2.22. The van der Waals surface area contributed by atoms with Crippen LogP contribution in [0.3, 0.4) is 0 Å². The van der Waals surface area contributed by atoms with Crippen molar-refractivity contribution < 1.29 is 9.47 Å². The summed E-state index contributed by atoms with van der Waals surface area (Å²) < 4.78 is 11.3. The van der Waals surface area contributed by atoms with Crippen LogP contribution in [0.2, 0.25) is 0 Å². The molecule has 18 heavy (non-hydrogen) atoms. The molecule has 1 aromatic carbocycles. The molecule has 0 aliphatic rings. The first-order valence-corrected chi connectivity index (χ1v) is 6.33. The first-order chi connectivity index (χ1) is 8.53. The van der Waals surface area contributed by atoms with Gasteiger partial charge < -0.3 is 14.8 Å². The third kappa shape index (κ3) is 4.30. The average Bonchev–Trinajstić information content (AvgIpc) is 2.39. The fourth-order valence-electron chi connectivity index (χ4n) is 1.57. The van der Waals surface area contributed by atoms with Gasteiger partial charge in [0.15, 0.2) is 6.29 Å². The van der Waals surface area contributed by atoms with Crippen molar-refractivity contribution in [1.29, 1.82) is 5.26 Å². The van der Waals surface area contributed by atoms with Crippen molar-refractivity contribution in [3.8, 4) is 6.07 Å². The summed E-state index contributed by atoms with van der Waals surface area (Å²) in [5.41, 5.74) is 0.137. The lowest BCUT2D eigenvalue weighted by Crippen LogP contribution is -2.38. The largest absolute Gasteiger partial charge is 0.367 e. The summed E-state index contributed by atoms with van der Waals surface area (Å²) in [6.07, 6.45) is 0.0321. The number of nitriles is 1. The molecule has 0 radical (unpaired) electrons. The molecule has 0 saturated carbocycles. The van der Waals surface area contributed by atoms with E-state index in [2.05, 4.69) is 27.3 Å². The minimum Gasteiger partial charge on any atom is -0.367 e. The molecular weight excluding hydrogens is 296 g/mol. The van der Waals surface area contributed by atoms with Crippen molar-refractivity contribution in [3.63, 3.8) is 0 Å². The number of halogens is 1. The Kier molecular flexibility index (Phi) is 5.60. The van der Waals surface area contributed by atoms with Gasteiger partial charge in [0, 0.05) is 30.8 Å². The fourth-order valence-corrected chi connectivity index (χ4v) is 1.84. The first kappa shape index (κ1) is 15.0. The SMILES string of the molecule is COC(CC(C)(C#N)Nc1ccc(Br)cc1)OC. The molecule has 0 bridgehead atoms. The van der Waals surface area contributed by atoms with Gasteiger partial charge in [0.2, 0.25) is 0 Å². The zero-order valence-electron chi connectivity index (χ0n) is 10.7. The topological polar surface area (TPSA) is 54.3 Å². The van der Waals surface area contributed by atoms with E-state index < -0.39 is 11.8 Å². The lowest BCUT2D eigenvalue weighted by Gasteiger charge is -2.27. The predicted octanol–water partition coefficient (Wildman–Crippen LogP) is 3.15. The highest BCUT2D eigenvalue weighted by molar-refractivity contribution is 9.10. The van der Waals surface area contributed by atoms with Gasteiger partial charge in [-0.3, -0.25) is 0 Å². The molecule has 0 spiro atoms. The lowest BCUT2D eigenvalue weighted by molar-refractivity contribution is -0.110. The number of methoxy groups -OCH3 is 2. The molecule has 98 valence electrons. The molecule has 0 saturated heterocycles. The second kappa shape index (κ2) is 6.74. The fraction of sp³-hybridized carbons (Fsp3) is 0.462. The van der Waals surface area contributed by atoms with Gasteiger partial charge in [-0.15, -0.1) is 0 Å². The van der Waals surface area contributed by atoms with Crippen molar-refractivity contribution >= 4 is 21.6 Å². The molecule has 0 aliphatic heterocycles. The van der Waals surface area contributed by atoms with E-state index in [0.29, 0.717) is 6.42 Å². The summed E-state index contributed by atoms with van der Waals surface area (Å²) >= 11 is 3.37. The summed E-state index contributed by atoms with van der Waals surface area (Å²) in [6, 6.07) is 9.92. The summed E-state index contributed by atoms with van der Waals surface area (Å²) in [4.78, 5) is 0. The van der Waals surface area contributed by atoms with E-state index in [1.807, 2.05) is 31.2 Å². The Morgan fingerprint density at radius 2 is 1.89 bits per heavy atom. The second-order valence-corrected chi connectivity index (χ2v) is 5.10. The van der Waals surface area contributed by atoms with Gasteiger partial charge in [-0.2, -0.15) is 5.26 Å². The van der Waals surface area contributed by atoms with Crippen LogP contribution >= 0.6 is 15.9 Å². The van der Waals surface area contributed by atoms with Gasteiger partial charge in [0.25, 0.3) is 0 Å². The van der Waals surface area contributed by atoms with E-state index >= 15 is 0 Å². The van der Waals surface area contributed by atoms with E-state index in [1.165, 1.54) is 0 Å². The molecule has 1 aromatic rings. The standard InChI is InChI=1S/C13H17BrN2O2/c1-13(9-15,8-12(17-2)18-3)16-11-6-4-10(14)5-7-11/h4-7,12,16H,8H2,1-3H3. The second-order valence-electron chi connectivity index (χ2n) is 4.18. The smallest absolute Gasteiger partial charge is 0.160 e. The number of anilines is 1. The maximum absolute atomic E-state index is 9.31. The van der Waals surface area contributed by atoms with Crippen LogP contribution < -0.4 is 5.32 Å². The normalized spacial score (nSPS) is 14.0. The van der Waals surface area contributed by atoms with Gasteiger partial charge in [0.05, 0.1) is 6.07 Å². The lowest BCUT2D eigenvalue weighted by atomic mass is 9.99. The Labute approximate surface area is 116 Å². The molecule has 1 N–H and O–H groups in total.